The van der Waals surface area contributed by atoms with Crippen molar-refractivity contribution in [2.45, 2.75) is 27.4 Å². The van der Waals surface area contributed by atoms with Crippen LogP contribution in [-0.2, 0) is 6.61 Å². The monoisotopic (exact) mass is 446 g/mol. The van der Waals surface area contributed by atoms with E-state index in [2.05, 4.69) is 15.6 Å². The molecule has 8 heteroatoms. The minimum absolute atomic E-state index is 0.0964. The third-order valence-corrected chi connectivity index (χ3v) is 5.19. The molecule has 168 valence electrons. The first-order chi connectivity index (χ1) is 15.8. The topological polar surface area (TPSA) is 84.7 Å². The van der Waals surface area contributed by atoms with Gasteiger partial charge < -0.3 is 15.4 Å². The molecule has 2 N–H and O–H groups in total. The van der Waals surface area contributed by atoms with Crippen LogP contribution in [0.15, 0.2) is 65.6 Å². The second-order valence-corrected chi connectivity index (χ2v) is 7.78. The molecule has 7 nitrogen and oxygen atoms in total. The van der Waals surface area contributed by atoms with E-state index in [-0.39, 0.29) is 12.2 Å². The number of halogens is 1. The third-order valence-electron chi connectivity index (χ3n) is 5.19. The molecule has 0 aliphatic carbocycles. The highest BCUT2D eigenvalue weighted by Gasteiger charge is 2.09. The van der Waals surface area contributed by atoms with Crippen LogP contribution < -0.4 is 20.9 Å². The highest BCUT2D eigenvalue weighted by Crippen LogP contribution is 2.24. The fourth-order valence-corrected chi connectivity index (χ4v) is 3.33. The van der Waals surface area contributed by atoms with Gasteiger partial charge in [0.2, 0.25) is 0 Å². The van der Waals surface area contributed by atoms with Gasteiger partial charge in [0.05, 0.1) is 5.69 Å². The number of urea groups is 1. The van der Waals surface area contributed by atoms with Crippen molar-refractivity contribution in [2.75, 3.05) is 10.6 Å². The third kappa shape index (κ3) is 5.01. The van der Waals surface area contributed by atoms with Gasteiger partial charge in [-0.25, -0.2) is 14.2 Å². The van der Waals surface area contributed by atoms with Crippen LogP contribution in [0.5, 0.6) is 5.75 Å². The molecule has 0 atom stereocenters. The molecule has 4 rings (SSSR count). The summed E-state index contributed by atoms with van der Waals surface area (Å²) < 4.78 is 21.1. The van der Waals surface area contributed by atoms with Crippen LogP contribution in [-0.4, -0.2) is 15.4 Å². The minimum atomic E-state index is -0.507. The second kappa shape index (κ2) is 9.12. The lowest BCUT2D eigenvalue weighted by molar-refractivity contribution is 0.262. The van der Waals surface area contributed by atoms with Crippen LogP contribution >= 0.6 is 0 Å². The SMILES string of the molecule is Cc1ccc(NC(=O)Nc2ccc(C)c(OCc3cc(=O)n4cccc(C)c4n3)c2)cc1F. The molecular weight excluding hydrogens is 423 g/mol. The molecule has 4 aromatic rings. The Hall–Kier alpha value is -4.20. The molecule has 0 radical (unpaired) electrons. The Balaban J connectivity index is 1.47. The number of anilines is 2. The van der Waals surface area contributed by atoms with Gasteiger partial charge in [-0.05, 0) is 61.7 Å². The zero-order valence-corrected chi connectivity index (χ0v) is 18.5. The Bertz CT molecular complexity index is 1410. The number of nitrogens with one attached hydrogen (secondary N) is 2. The summed E-state index contributed by atoms with van der Waals surface area (Å²) in [4.78, 5) is 29.2. The van der Waals surface area contributed by atoms with Gasteiger partial charge >= 0.3 is 6.03 Å². The van der Waals surface area contributed by atoms with E-state index in [1.54, 1.807) is 43.5 Å². The van der Waals surface area contributed by atoms with Gasteiger partial charge in [0.1, 0.15) is 23.8 Å². The van der Waals surface area contributed by atoms with Gasteiger partial charge in [0.15, 0.2) is 0 Å². The van der Waals surface area contributed by atoms with Crippen molar-refractivity contribution in [2.24, 2.45) is 0 Å². The summed E-state index contributed by atoms with van der Waals surface area (Å²) in [6.07, 6.45) is 1.68. The second-order valence-electron chi connectivity index (χ2n) is 7.78. The van der Waals surface area contributed by atoms with E-state index in [9.17, 15) is 14.0 Å². The summed E-state index contributed by atoms with van der Waals surface area (Å²) in [6.45, 7) is 5.51. The highest BCUT2D eigenvalue weighted by molar-refractivity contribution is 5.99. The molecular formula is C25H23FN4O3. The molecule has 0 fully saturated rings. The molecule has 0 spiro atoms. The number of hydrogen-bond acceptors (Lipinski definition) is 4. The van der Waals surface area contributed by atoms with Crippen molar-refractivity contribution in [3.05, 3.63) is 99.3 Å². The maximum absolute atomic E-state index is 13.7. The van der Waals surface area contributed by atoms with Crippen molar-refractivity contribution in [3.8, 4) is 5.75 Å². The van der Waals surface area contributed by atoms with E-state index in [4.69, 9.17) is 4.74 Å². The lowest BCUT2D eigenvalue weighted by atomic mass is 10.2. The summed E-state index contributed by atoms with van der Waals surface area (Å²) in [6, 6.07) is 14.3. The van der Waals surface area contributed by atoms with Crippen LogP contribution in [0.3, 0.4) is 0 Å². The van der Waals surface area contributed by atoms with Gasteiger partial charge in [-0.1, -0.05) is 18.2 Å². The summed E-state index contributed by atoms with van der Waals surface area (Å²) in [5.74, 6) is 0.150. The number of aromatic nitrogens is 2. The highest BCUT2D eigenvalue weighted by atomic mass is 19.1. The molecule has 0 saturated heterocycles. The number of aryl methyl sites for hydroxylation is 3. The van der Waals surface area contributed by atoms with E-state index >= 15 is 0 Å². The van der Waals surface area contributed by atoms with Gasteiger partial charge in [-0.2, -0.15) is 0 Å². The van der Waals surface area contributed by atoms with Crippen molar-refractivity contribution in [3.63, 3.8) is 0 Å². The smallest absolute Gasteiger partial charge is 0.323 e. The van der Waals surface area contributed by atoms with E-state index in [1.165, 1.54) is 16.5 Å². The zero-order chi connectivity index (χ0) is 23.5. The van der Waals surface area contributed by atoms with Gasteiger partial charge in [-0.15, -0.1) is 0 Å². The average Bonchev–Trinajstić information content (AvgIpc) is 2.77. The largest absolute Gasteiger partial charge is 0.487 e. The van der Waals surface area contributed by atoms with E-state index in [0.29, 0.717) is 34.0 Å². The van der Waals surface area contributed by atoms with Gasteiger partial charge in [0.25, 0.3) is 5.56 Å². The Kier molecular flexibility index (Phi) is 6.08. The Morgan fingerprint density at radius 3 is 2.39 bits per heavy atom. The number of benzene rings is 2. The molecule has 2 aromatic heterocycles. The zero-order valence-electron chi connectivity index (χ0n) is 18.5. The molecule has 2 aromatic carbocycles. The predicted molar refractivity (Wildman–Crippen MR) is 125 cm³/mol. The number of rotatable bonds is 5. The quantitative estimate of drug-likeness (QED) is 0.453. The molecule has 0 unspecified atom stereocenters. The number of pyridine rings is 1. The Labute approximate surface area is 189 Å². The van der Waals surface area contributed by atoms with Crippen molar-refractivity contribution in [1.82, 2.24) is 9.38 Å². The first kappa shape index (κ1) is 22.0. The summed E-state index contributed by atoms with van der Waals surface area (Å²) >= 11 is 0. The van der Waals surface area contributed by atoms with E-state index in [0.717, 1.165) is 11.1 Å². The molecule has 0 saturated carbocycles. The Morgan fingerprint density at radius 2 is 1.67 bits per heavy atom. The van der Waals surface area contributed by atoms with Crippen LogP contribution in [0.2, 0.25) is 0 Å². The first-order valence-electron chi connectivity index (χ1n) is 10.4. The van der Waals surface area contributed by atoms with Crippen molar-refractivity contribution >= 4 is 23.1 Å². The van der Waals surface area contributed by atoms with E-state index < -0.39 is 11.8 Å². The van der Waals surface area contributed by atoms with E-state index in [1.807, 2.05) is 26.0 Å². The molecule has 0 aliphatic rings. The first-order valence-corrected chi connectivity index (χ1v) is 10.4. The van der Waals surface area contributed by atoms with Crippen molar-refractivity contribution in [1.29, 1.82) is 0 Å². The lowest BCUT2D eigenvalue weighted by Gasteiger charge is -2.13. The maximum atomic E-state index is 13.7. The normalized spacial score (nSPS) is 10.8. The van der Waals surface area contributed by atoms with Gasteiger partial charge in [0, 0.05) is 29.7 Å². The number of fused-ring (bicyclic) bond motifs is 1. The predicted octanol–water partition coefficient (Wildman–Crippen LogP) is 4.98. The molecule has 33 heavy (non-hydrogen) atoms. The standard InChI is InChI=1S/C25H23FN4O3/c1-15-6-8-18(11-21(15)26)28-25(32)29-19-9-7-16(2)22(12-19)33-14-20-13-23(31)30-10-4-5-17(3)24(30)27-20/h4-13H,14H2,1-3H3,(H2,28,29,32). The molecule has 2 amide bonds. The fourth-order valence-electron chi connectivity index (χ4n) is 3.33. The molecule has 2 heterocycles. The summed E-state index contributed by atoms with van der Waals surface area (Å²) in [7, 11) is 0. The average molecular weight is 446 g/mol. The fraction of sp³-hybridized carbons (Fsp3) is 0.160. The lowest BCUT2D eigenvalue weighted by Crippen LogP contribution is -2.19. The van der Waals surface area contributed by atoms with Gasteiger partial charge in [-0.3, -0.25) is 9.20 Å². The van der Waals surface area contributed by atoms with Crippen molar-refractivity contribution < 1.29 is 13.9 Å². The van der Waals surface area contributed by atoms with Crippen LogP contribution in [0.4, 0.5) is 20.6 Å². The number of carbonyl (C=O) groups excluding carboxylic acids is 1. The van der Waals surface area contributed by atoms with Crippen LogP contribution in [0, 0.1) is 26.6 Å². The van der Waals surface area contributed by atoms with Crippen LogP contribution in [0.1, 0.15) is 22.4 Å². The number of carbonyl (C=O) groups is 1. The number of amides is 2. The number of ether oxygens (including phenoxy) is 1. The number of hydrogen-bond donors (Lipinski definition) is 2. The summed E-state index contributed by atoms with van der Waals surface area (Å²) in [5.41, 5.74) is 4.00. The minimum Gasteiger partial charge on any atom is -0.487 e. The maximum Gasteiger partial charge on any atom is 0.323 e. The summed E-state index contributed by atoms with van der Waals surface area (Å²) in [5, 5.41) is 5.31. The number of nitrogens with zero attached hydrogens (tertiary/aromatic N) is 2. The Morgan fingerprint density at radius 1 is 0.970 bits per heavy atom. The molecule has 0 bridgehead atoms. The molecule has 0 aliphatic heterocycles. The van der Waals surface area contributed by atoms with Crippen LogP contribution in [0.25, 0.3) is 5.65 Å².